The maximum Gasteiger partial charge on any atom is 0.0891 e. The van der Waals surface area contributed by atoms with E-state index in [2.05, 4.69) is 4.99 Å². The highest BCUT2D eigenvalue weighted by molar-refractivity contribution is 5.70. The molecule has 0 unspecified atom stereocenters. The van der Waals surface area contributed by atoms with Gasteiger partial charge in [-0.15, -0.1) is 0 Å². The van der Waals surface area contributed by atoms with Gasteiger partial charge >= 0.3 is 0 Å². The Morgan fingerprint density at radius 1 is 1.50 bits per heavy atom. The topological polar surface area (TPSA) is 21.6 Å². The van der Waals surface area contributed by atoms with E-state index in [1.54, 1.807) is 18.6 Å². The zero-order chi connectivity index (χ0) is 5.66. The summed E-state index contributed by atoms with van der Waals surface area (Å²) >= 11 is 0. The van der Waals surface area contributed by atoms with Crippen LogP contribution >= 0.6 is 0 Å². The molecule has 0 saturated carbocycles. The van der Waals surface area contributed by atoms with Crippen molar-refractivity contribution < 1.29 is 4.74 Å². The van der Waals surface area contributed by atoms with Crippen LogP contribution in [0, 0.1) is 0 Å². The molecule has 0 N–H and O–H groups in total. The standard InChI is InChI=1S/C6H9NO/c1-3-7-4-2-6-8-5-1/h1,3,5H,2,4,6H2/b5-1-,7-3?. The number of rotatable bonds is 0. The highest BCUT2D eigenvalue weighted by Gasteiger charge is 1.84. The first kappa shape index (κ1) is 5.35. The van der Waals surface area contributed by atoms with Crippen molar-refractivity contribution >= 4 is 6.21 Å². The highest BCUT2D eigenvalue weighted by atomic mass is 16.5. The van der Waals surface area contributed by atoms with Crippen LogP contribution in [-0.2, 0) is 4.74 Å². The highest BCUT2D eigenvalue weighted by Crippen LogP contribution is 1.87. The van der Waals surface area contributed by atoms with Crippen molar-refractivity contribution in [3.8, 4) is 0 Å². The summed E-state index contributed by atoms with van der Waals surface area (Å²) in [6, 6.07) is 0. The lowest BCUT2D eigenvalue weighted by Crippen LogP contribution is -1.93. The summed E-state index contributed by atoms with van der Waals surface area (Å²) in [5.74, 6) is 0. The molecule has 0 fully saturated rings. The van der Waals surface area contributed by atoms with Crippen molar-refractivity contribution in [2.45, 2.75) is 6.42 Å². The summed E-state index contributed by atoms with van der Waals surface area (Å²) in [7, 11) is 0. The van der Waals surface area contributed by atoms with Gasteiger partial charge in [-0.05, 0) is 6.08 Å². The third kappa shape index (κ3) is 1.78. The lowest BCUT2D eigenvalue weighted by molar-refractivity contribution is 0.246. The van der Waals surface area contributed by atoms with Crippen LogP contribution in [0.3, 0.4) is 0 Å². The van der Waals surface area contributed by atoms with Gasteiger partial charge in [0.1, 0.15) is 0 Å². The third-order valence-corrected chi connectivity index (χ3v) is 0.916. The smallest absolute Gasteiger partial charge is 0.0891 e. The fraction of sp³-hybridized carbons (Fsp3) is 0.500. The van der Waals surface area contributed by atoms with Gasteiger partial charge in [0, 0.05) is 19.2 Å². The maximum absolute atomic E-state index is 5.00. The van der Waals surface area contributed by atoms with Gasteiger partial charge in [0.2, 0.25) is 0 Å². The molecular formula is C6H9NO. The van der Waals surface area contributed by atoms with Crippen LogP contribution in [0.4, 0.5) is 0 Å². The van der Waals surface area contributed by atoms with E-state index in [1.807, 2.05) is 0 Å². The van der Waals surface area contributed by atoms with Gasteiger partial charge in [-0.25, -0.2) is 0 Å². The Morgan fingerprint density at radius 2 is 2.50 bits per heavy atom. The predicted molar refractivity (Wildman–Crippen MR) is 33.1 cm³/mol. The van der Waals surface area contributed by atoms with Gasteiger partial charge in [0.15, 0.2) is 0 Å². The van der Waals surface area contributed by atoms with E-state index in [0.29, 0.717) is 0 Å². The van der Waals surface area contributed by atoms with Crippen LogP contribution in [0.1, 0.15) is 6.42 Å². The van der Waals surface area contributed by atoms with Gasteiger partial charge in [-0.1, -0.05) is 0 Å². The Bertz CT molecular complexity index is 93.1. The van der Waals surface area contributed by atoms with Crippen molar-refractivity contribution in [2.24, 2.45) is 4.99 Å². The van der Waals surface area contributed by atoms with Gasteiger partial charge in [0.05, 0.1) is 12.9 Å². The molecule has 0 aromatic rings. The molecule has 0 bridgehead atoms. The van der Waals surface area contributed by atoms with Crippen LogP contribution in [0.15, 0.2) is 17.3 Å². The van der Waals surface area contributed by atoms with Crippen molar-refractivity contribution in [3.63, 3.8) is 0 Å². The number of hydrogen-bond acceptors (Lipinski definition) is 2. The first-order valence-corrected chi connectivity index (χ1v) is 2.77. The molecule has 1 rings (SSSR count). The zero-order valence-electron chi connectivity index (χ0n) is 4.71. The van der Waals surface area contributed by atoms with Gasteiger partial charge in [0.25, 0.3) is 0 Å². The van der Waals surface area contributed by atoms with E-state index in [0.717, 1.165) is 19.6 Å². The minimum absolute atomic E-state index is 0.799. The molecule has 0 saturated heterocycles. The molecule has 0 amide bonds. The molecule has 1 heterocycles. The number of aliphatic imine (C=N–C) groups is 1. The summed E-state index contributed by atoms with van der Waals surface area (Å²) in [5, 5.41) is 0. The number of ether oxygens (including phenoxy) is 1. The minimum Gasteiger partial charge on any atom is -0.501 e. The van der Waals surface area contributed by atoms with Crippen LogP contribution in [0.25, 0.3) is 0 Å². The van der Waals surface area contributed by atoms with Gasteiger partial charge < -0.3 is 4.74 Å². The van der Waals surface area contributed by atoms with Crippen molar-refractivity contribution in [1.82, 2.24) is 0 Å². The number of nitrogens with zero attached hydrogens (tertiary/aromatic N) is 1. The van der Waals surface area contributed by atoms with Crippen molar-refractivity contribution in [1.29, 1.82) is 0 Å². The van der Waals surface area contributed by atoms with E-state index < -0.39 is 0 Å². The Balaban J connectivity index is 2.33. The van der Waals surface area contributed by atoms with Gasteiger partial charge in [-0.3, -0.25) is 4.99 Å². The lowest BCUT2D eigenvalue weighted by atomic mass is 10.4. The average molecular weight is 111 g/mol. The fourth-order valence-corrected chi connectivity index (χ4v) is 0.533. The summed E-state index contributed by atoms with van der Waals surface area (Å²) in [6.07, 6.45) is 6.27. The normalized spacial score (nSPS) is 23.0. The fourth-order valence-electron chi connectivity index (χ4n) is 0.533. The summed E-state index contributed by atoms with van der Waals surface area (Å²) in [4.78, 5) is 4.04. The summed E-state index contributed by atoms with van der Waals surface area (Å²) in [5.41, 5.74) is 0. The maximum atomic E-state index is 5.00. The van der Waals surface area contributed by atoms with E-state index in [-0.39, 0.29) is 0 Å². The first-order chi connectivity index (χ1) is 4.00. The van der Waals surface area contributed by atoms with Crippen LogP contribution in [0.2, 0.25) is 0 Å². The van der Waals surface area contributed by atoms with E-state index in [9.17, 15) is 0 Å². The molecule has 0 aromatic heterocycles. The SMILES string of the molecule is C1=NCCCO/C=C\1. The second-order valence-corrected chi connectivity index (χ2v) is 1.61. The number of allylic oxidation sites excluding steroid dienone is 1. The second kappa shape index (κ2) is 3.24. The third-order valence-electron chi connectivity index (χ3n) is 0.916. The Morgan fingerprint density at radius 3 is 3.50 bits per heavy atom. The number of hydrogen-bond donors (Lipinski definition) is 0. The molecule has 0 aromatic carbocycles. The van der Waals surface area contributed by atoms with Crippen LogP contribution in [0.5, 0.6) is 0 Å². The summed E-state index contributed by atoms with van der Waals surface area (Å²) in [6.45, 7) is 1.69. The molecule has 2 nitrogen and oxygen atoms in total. The molecular weight excluding hydrogens is 102 g/mol. The molecule has 0 aliphatic carbocycles. The van der Waals surface area contributed by atoms with Crippen LogP contribution < -0.4 is 0 Å². The van der Waals surface area contributed by atoms with Gasteiger partial charge in [-0.2, -0.15) is 0 Å². The Hall–Kier alpha value is -0.790. The monoisotopic (exact) mass is 111 g/mol. The van der Waals surface area contributed by atoms with E-state index >= 15 is 0 Å². The van der Waals surface area contributed by atoms with E-state index in [1.165, 1.54) is 0 Å². The molecule has 0 spiro atoms. The molecule has 0 radical (unpaired) electrons. The molecule has 1 aliphatic heterocycles. The Kier molecular flexibility index (Phi) is 2.17. The van der Waals surface area contributed by atoms with Crippen molar-refractivity contribution in [3.05, 3.63) is 12.3 Å². The minimum atomic E-state index is 0.799. The zero-order valence-corrected chi connectivity index (χ0v) is 4.71. The van der Waals surface area contributed by atoms with Crippen LogP contribution in [-0.4, -0.2) is 19.4 Å². The largest absolute Gasteiger partial charge is 0.501 e. The Labute approximate surface area is 48.9 Å². The van der Waals surface area contributed by atoms with Crippen molar-refractivity contribution in [2.75, 3.05) is 13.2 Å². The summed E-state index contributed by atoms with van der Waals surface area (Å²) < 4.78 is 5.00. The lowest BCUT2D eigenvalue weighted by Gasteiger charge is -1.98. The second-order valence-electron chi connectivity index (χ2n) is 1.61. The van der Waals surface area contributed by atoms with E-state index in [4.69, 9.17) is 4.74 Å². The average Bonchev–Trinajstić information content (AvgIpc) is 1.62. The molecule has 44 valence electrons. The molecule has 2 heteroatoms. The molecule has 8 heavy (non-hydrogen) atoms. The predicted octanol–water partition coefficient (Wildman–Crippen LogP) is 0.991. The molecule has 1 aliphatic rings. The molecule has 0 atom stereocenters. The quantitative estimate of drug-likeness (QED) is 0.457. The first-order valence-electron chi connectivity index (χ1n) is 2.77.